The highest BCUT2D eigenvalue weighted by atomic mass is 19.4. The molecule has 2 atom stereocenters. The van der Waals surface area contributed by atoms with Crippen LogP contribution in [0, 0.1) is 0 Å². The zero-order valence-corrected chi connectivity index (χ0v) is 9.17. The van der Waals surface area contributed by atoms with Crippen LogP contribution in [0.4, 0.5) is 13.2 Å². The molecule has 0 aliphatic rings. The fourth-order valence-electron chi connectivity index (χ4n) is 1.09. The Balaban J connectivity index is 4.00. The molecule has 100 valence electrons. The van der Waals surface area contributed by atoms with Crippen molar-refractivity contribution in [1.29, 1.82) is 0 Å². The van der Waals surface area contributed by atoms with E-state index in [2.05, 4.69) is 5.32 Å². The summed E-state index contributed by atoms with van der Waals surface area (Å²) in [6.45, 7) is -0.0973. The van der Waals surface area contributed by atoms with Gasteiger partial charge in [0.15, 0.2) is 0 Å². The van der Waals surface area contributed by atoms with E-state index in [4.69, 9.17) is 11.5 Å². The van der Waals surface area contributed by atoms with Gasteiger partial charge in [0.1, 0.15) is 6.29 Å². The summed E-state index contributed by atoms with van der Waals surface area (Å²) in [5.41, 5.74) is 10.4. The number of carbonyl (C=O) groups excluding carboxylic acids is 2. The van der Waals surface area contributed by atoms with Crippen molar-refractivity contribution in [3.05, 3.63) is 0 Å². The van der Waals surface area contributed by atoms with Crippen LogP contribution in [0.2, 0.25) is 0 Å². The summed E-state index contributed by atoms with van der Waals surface area (Å²) in [6.07, 6.45) is -5.17. The van der Waals surface area contributed by atoms with E-state index < -0.39 is 30.6 Å². The zero-order chi connectivity index (χ0) is 13.5. The second kappa shape index (κ2) is 7.23. The van der Waals surface area contributed by atoms with Gasteiger partial charge in [0.25, 0.3) is 0 Å². The van der Waals surface area contributed by atoms with Crippen molar-refractivity contribution in [2.45, 2.75) is 37.5 Å². The lowest BCUT2D eigenvalue weighted by Crippen LogP contribution is -2.49. The summed E-state index contributed by atoms with van der Waals surface area (Å²) >= 11 is 0. The zero-order valence-electron chi connectivity index (χ0n) is 9.17. The SMILES string of the molecule is NC[C@@H](N)C(=O)N[C@H](C=O)CCCC(F)(F)F. The Hall–Kier alpha value is -1.15. The molecule has 0 bridgehead atoms. The van der Waals surface area contributed by atoms with E-state index in [0.717, 1.165) is 0 Å². The summed E-state index contributed by atoms with van der Waals surface area (Å²) < 4.78 is 35.5. The minimum absolute atomic E-state index is 0.0773. The Kier molecular flexibility index (Phi) is 6.74. The fraction of sp³-hybridized carbons (Fsp3) is 0.778. The van der Waals surface area contributed by atoms with Crippen LogP contribution in [0.1, 0.15) is 19.3 Å². The van der Waals surface area contributed by atoms with E-state index in [1.54, 1.807) is 0 Å². The molecule has 0 radical (unpaired) electrons. The number of hydrogen-bond acceptors (Lipinski definition) is 4. The topological polar surface area (TPSA) is 98.2 Å². The van der Waals surface area contributed by atoms with Gasteiger partial charge >= 0.3 is 6.18 Å². The molecule has 0 fully saturated rings. The van der Waals surface area contributed by atoms with Crippen molar-refractivity contribution < 1.29 is 22.8 Å². The summed E-state index contributed by atoms with van der Waals surface area (Å²) in [6, 6.07) is -1.91. The number of hydrogen-bond donors (Lipinski definition) is 3. The molecule has 0 aromatic carbocycles. The average molecular weight is 255 g/mol. The molecule has 1 amide bonds. The molecule has 0 aliphatic heterocycles. The Morgan fingerprint density at radius 2 is 2.00 bits per heavy atom. The third-order valence-electron chi connectivity index (χ3n) is 2.06. The number of carbonyl (C=O) groups is 2. The van der Waals surface area contributed by atoms with Crippen LogP contribution in [-0.2, 0) is 9.59 Å². The van der Waals surface area contributed by atoms with Crippen LogP contribution in [0.25, 0.3) is 0 Å². The average Bonchev–Trinajstić information content (AvgIpc) is 2.24. The minimum atomic E-state index is -4.26. The van der Waals surface area contributed by atoms with E-state index >= 15 is 0 Å². The van der Waals surface area contributed by atoms with Gasteiger partial charge in [-0.15, -0.1) is 0 Å². The lowest BCUT2D eigenvalue weighted by molar-refractivity contribution is -0.136. The Labute approximate surface area is 96.7 Å². The molecule has 0 rings (SSSR count). The Bertz CT molecular complexity index is 258. The van der Waals surface area contributed by atoms with E-state index in [9.17, 15) is 22.8 Å². The predicted octanol–water partition coefficient (Wildman–Crippen LogP) is -0.311. The normalized spacial score (nSPS) is 15.1. The van der Waals surface area contributed by atoms with E-state index in [1.807, 2.05) is 0 Å². The first-order chi connectivity index (χ1) is 7.80. The maximum atomic E-state index is 11.8. The van der Waals surface area contributed by atoms with Crippen LogP contribution in [0.3, 0.4) is 0 Å². The second-order valence-corrected chi connectivity index (χ2v) is 3.60. The van der Waals surface area contributed by atoms with Gasteiger partial charge in [-0.3, -0.25) is 4.79 Å². The summed E-state index contributed by atoms with van der Waals surface area (Å²) in [7, 11) is 0. The van der Waals surface area contributed by atoms with Gasteiger partial charge in [0.2, 0.25) is 5.91 Å². The summed E-state index contributed by atoms with van der Waals surface area (Å²) in [5, 5.41) is 2.22. The highest BCUT2D eigenvalue weighted by Gasteiger charge is 2.27. The first-order valence-corrected chi connectivity index (χ1v) is 5.08. The minimum Gasteiger partial charge on any atom is -0.345 e. The second-order valence-electron chi connectivity index (χ2n) is 3.60. The van der Waals surface area contributed by atoms with Gasteiger partial charge in [-0.2, -0.15) is 13.2 Å². The third-order valence-corrected chi connectivity index (χ3v) is 2.06. The van der Waals surface area contributed by atoms with Gasteiger partial charge in [0.05, 0.1) is 12.1 Å². The molecule has 0 unspecified atom stereocenters. The van der Waals surface area contributed by atoms with Crippen molar-refractivity contribution in [3.63, 3.8) is 0 Å². The molecular weight excluding hydrogens is 239 g/mol. The third kappa shape index (κ3) is 7.70. The van der Waals surface area contributed by atoms with Crippen molar-refractivity contribution in [2.75, 3.05) is 6.54 Å². The fourth-order valence-corrected chi connectivity index (χ4v) is 1.09. The van der Waals surface area contributed by atoms with Crippen molar-refractivity contribution >= 4 is 12.2 Å². The van der Waals surface area contributed by atoms with Crippen LogP contribution < -0.4 is 16.8 Å². The van der Waals surface area contributed by atoms with E-state index in [0.29, 0.717) is 6.29 Å². The highest BCUT2D eigenvalue weighted by Crippen LogP contribution is 2.22. The van der Waals surface area contributed by atoms with Gasteiger partial charge < -0.3 is 21.6 Å². The number of amides is 1. The lowest BCUT2D eigenvalue weighted by atomic mass is 10.1. The Morgan fingerprint density at radius 3 is 2.41 bits per heavy atom. The molecule has 0 aliphatic carbocycles. The summed E-state index contributed by atoms with van der Waals surface area (Å²) in [4.78, 5) is 21.7. The Morgan fingerprint density at radius 1 is 1.41 bits per heavy atom. The quantitative estimate of drug-likeness (QED) is 0.543. The van der Waals surface area contributed by atoms with Crippen LogP contribution in [0.15, 0.2) is 0 Å². The largest absolute Gasteiger partial charge is 0.389 e. The van der Waals surface area contributed by atoms with Gasteiger partial charge in [0, 0.05) is 13.0 Å². The molecule has 17 heavy (non-hydrogen) atoms. The first-order valence-electron chi connectivity index (χ1n) is 5.08. The number of nitrogens with one attached hydrogen (secondary N) is 1. The molecule has 0 saturated carbocycles. The van der Waals surface area contributed by atoms with Crippen molar-refractivity contribution in [1.82, 2.24) is 5.32 Å². The maximum absolute atomic E-state index is 11.8. The number of alkyl halides is 3. The number of halogens is 3. The molecule has 5 nitrogen and oxygen atoms in total. The smallest absolute Gasteiger partial charge is 0.345 e. The van der Waals surface area contributed by atoms with Crippen LogP contribution in [0.5, 0.6) is 0 Å². The number of nitrogens with two attached hydrogens (primary N) is 2. The standard InChI is InChI=1S/C9H16F3N3O2/c10-9(11,12)3-1-2-6(5-16)15-8(17)7(14)4-13/h5-7H,1-4,13-14H2,(H,15,17)/t6-,7+/m0/s1. The molecule has 8 heteroatoms. The molecule has 5 N–H and O–H groups in total. The maximum Gasteiger partial charge on any atom is 0.389 e. The molecule has 0 spiro atoms. The van der Waals surface area contributed by atoms with Crippen LogP contribution >= 0.6 is 0 Å². The highest BCUT2D eigenvalue weighted by molar-refractivity contribution is 5.84. The van der Waals surface area contributed by atoms with Gasteiger partial charge in [-0.05, 0) is 12.8 Å². The predicted molar refractivity (Wildman–Crippen MR) is 54.9 cm³/mol. The van der Waals surface area contributed by atoms with Gasteiger partial charge in [-0.25, -0.2) is 0 Å². The van der Waals surface area contributed by atoms with Crippen LogP contribution in [-0.4, -0.2) is 37.0 Å². The molecule has 0 saturated heterocycles. The van der Waals surface area contributed by atoms with Crippen molar-refractivity contribution in [2.24, 2.45) is 11.5 Å². The molecule has 0 aromatic rings. The number of aldehydes is 1. The van der Waals surface area contributed by atoms with E-state index in [1.165, 1.54) is 0 Å². The van der Waals surface area contributed by atoms with Crippen molar-refractivity contribution in [3.8, 4) is 0 Å². The lowest BCUT2D eigenvalue weighted by Gasteiger charge is -2.15. The molecule has 0 aromatic heterocycles. The molecular formula is C9H16F3N3O2. The van der Waals surface area contributed by atoms with Gasteiger partial charge in [-0.1, -0.05) is 0 Å². The first kappa shape index (κ1) is 15.9. The molecule has 0 heterocycles. The number of rotatable bonds is 7. The monoisotopic (exact) mass is 255 g/mol. The van der Waals surface area contributed by atoms with E-state index in [-0.39, 0.29) is 19.4 Å². The summed E-state index contributed by atoms with van der Waals surface area (Å²) in [5.74, 6) is -0.642.